The van der Waals surface area contributed by atoms with Gasteiger partial charge in [0, 0.05) is 0 Å². The molecule has 0 aromatic heterocycles. The summed E-state index contributed by atoms with van der Waals surface area (Å²) in [6.45, 7) is 4.26. The van der Waals surface area contributed by atoms with Crippen molar-refractivity contribution in [3.05, 3.63) is 0 Å². The molecule has 2 N–H and O–H groups in total. The molecule has 0 fully saturated rings. The topological polar surface area (TPSA) is 74.6 Å². The number of hydrogen-bond acceptors (Lipinski definition) is 3. The van der Waals surface area contributed by atoms with Gasteiger partial charge < -0.3 is 5.11 Å². The van der Waals surface area contributed by atoms with Gasteiger partial charge >= 0.3 is 0 Å². The largest absolute Gasteiger partial charge is 0.393 e. The van der Waals surface area contributed by atoms with Gasteiger partial charge in [-0.15, -0.1) is 0 Å². The molecule has 5 heteroatoms. The molecule has 0 aromatic rings. The first kappa shape index (κ1) is 28.9. The number of hydrogen-bond donors (Lipinski definition) is 2. The second-order valence-electron chi connectivity index (χ2n) is 8.90. The average Bonchev–Trinajstić information content (AvgIpc) is 2.66. The van der Waals surface area contributed by atoms with Gasteiger partial charge in [-0.2, -0.15) is 8.42 Å². The summed E-state index contributed by atoms with van der Waals surface area (Å²) in [4.78, 5) is 0. The van der Waals surface area contributed by atoms with E-state index in [1.54, 1.807) is 0 Å². The predicted octanol–water partition coefficient (Wildman–Crippen LogP) is 7.45. The summed E-state index contributed by atoms with van der Waals surface area (Å²) in [5.41, 5.74) is 0. The zero-order valence-electron chi connectivity index (χ0n) is 19.4. The third-order valence-electron chi connectivity index (χ3n) is 5.99. The average molecular weight is 435 g/mol. The molecule has 2 atom stereocenters. The molecule has 176 valence electrons. The van der Waals surface area contributed by atoms with E-state index in [2.05, 4.69) is 6.92 Å². The molecule has 0 amide bonds. The molecule has 0 bridgehead atoms. The van der Waals surface area contributed by atoms with E-state index < -0.39 is 21.5 Å². The molecule has 0 spiro atoms. The zero-order valence-corrected chi connectivity index (χ0v) is 20.2. The van der Waals surface area contributed by atoms with Crippen molar-refractivity contribution in [1.29, 1.82) is 0 Å². The highest BCUT2D eigenvalue weighted by Crippen LogP contribution is 2.19. The minimum Gasteiger partial charge on any atom is -0.393 e. The molecular formula is C24H50O4S. The zero-order chi connectivity index (χ0) is 21.8. The Kier molecular flexibility index (Phi) is 19.7. The molecule has 2 unspecified atom stereocenters. The van der Waals surface area contributed by atoms with Crippen LogP contribution in [0.3, 0.4) is 0 Å². The van der Waals surface area contributed by atoms with Crippen LogP contribution in [-0.4, -0.2) is 29.4 Å². The smallest absolute Gasteiger partial charge is 0.267 e. The molecule has 29 heavy (non-hydrogen) atoms. The molecule has 0 aliphatic rings. The maximum atomic E-state index is 11.6. The molecule has 0 aliphatic carbocycles. The van der Waals surface area contributed by atoms with Crippen LogP contribution in [-0.2, 0) is 10.1 Å². The van der Waals surface area contributed by atoms with Crippen molar-refractivity contribution >= 4 is 10.1 Å². The first-order chi connectivity index (χ1) is 13.9. The van der Waals surface area contributed by atoms with Crippen molar-refractivity contribution < 1.29 is 18.1 Å². The number of aliphatic hydroxyl groups excluding tert-OH is 1. The normalized spacial score (nSPS) is 14.2. The molecule has 0 saturated heterocycles. The highest BCUT2D eigenvalue weighted by atomic mass is 32.2. The lowest BCUT2D eigenvalue weighted by Gasteiger charge is -2.16. The van der Waals surface area contributed by atoms with Crippen LogP contribution in [0.4, 0.5) is 0 Å². The Hall–Kier alpha value is -0.130. The Balaban J connectivity index is 3.56. The van der Waals surface area contributed by atoms with E-state index in [1.807, 2.05) is 6.92 Å². The van der Waals surface area contributed by atoms with Crippen LogP contribution < -0.4 is 0 Å². The fourth-order valence-electron chi connectivity index (χ4n) is 4.04. The molecular weight excluding hydrogens is 384 g/mol. The second-order valence-corrected chi connectivity index (χ2v) is 10.6. The summed E-state index contributed by atoms with van der Waals surface area (Å²) < 4.78 is 32.5. The highest BCUT2D eigenvalue weighted by molar-refractivity contribution is 7.86. The van der Waals surface area contributed by atoms with Crippen molar-refractivity contribution in [3.63, 3.8) is 0 Å². The molecule has 4 nitrogen and oxygen atoms in total. The molecule has 0 aromatic carbocycles. The van der Waals surface area contributed by atoms with Crippen molar-refractivity contribution in [2.75, 3.05) is 0 Å². The van der Waals surface area contributed by atoms with Gasteiger partial charge in [0.2, 0.25) is 0 Å². The Bertz CT molecular complexity index is 436. The van der Waals surface area contributed by atoms with Gasteiger partial charge in [0.1, 0.15) is 0 Å². The van der Waals surface area contributed by atoms with Crippen molar-refractivity contribution in [3.8, 4) is 0 Å². The van der Waals surface area contributed by atoms with Crippen molar-refractivity contribution in [2.24, 2.45) is 0 Å². The molecule has 0 rings (SSSR count). The summed E-state index contributed by atoms with van der Waals surface area (Å²) in [6.07, 6.45) is 21.7. The highest BCUT2D eigenvalue weighted by Gasteiger charge is 2.23. The van der Waals surface area contributed by atoms with E-state index in [-0.39, 0.29) is 0 Å². The van der Waals surface area contributed by atoms with Gasteiger partial charge in [0.25, 0.3) is 10.1 Å². The SMILES string of the molecule is CCCCCCCCCCCCCCCCCC(CCC(O)CCC)S(=O)(=O)O. The minimum atomic E-state index is -4.01. The van der Waals surface area contributed by atoms with Crippen LogP contribution in [0.5, 0.6) is 0 Å². The quantitative estimate of drug-likeness (QED) is 0.137. The van der Waals surface area contributed by atoms with E-state index >= 15 is 0 Å². The van der Waals surface area contributed by atoms with Crippen molar-refractivity contribution in [1.82, 2.24) is 0 Å². The van der Waals surface area contributed by atoms with Gasteiger partial charge in [0.05, 0.1) is 11.4 Å². The molecule has 0 radical (unpaired) electrons. The number of rotatable bonds is 22. The summed E-state index contributed by atoms with van der Waals surface area (Å²) in [5, 5.41) is 9.08. The van der Waals surface area contributed by atoms with Gasteiger partial charge in [-0.1, -0.05) is 117 Å². The van der Waals surface area contributed by atoms with Crippen LogP contribution in [0.1, 0.15) is 142 Å². The Morgan fingerprint density at radius 2 is 0.966 bits per heavy atom. The standard InChI is InChI=1S/C24H50O4S/c1-3-5-6-7-8-9-10-11-12-13-14-15-16-17-18-20-24(29(26,27)28)22-21-23(25)19-4-2/h23-25H,3-22H2,1-2H3,(H,26,27,28). The Morgan fingerprint density at radius 3 is 1.34 bits per heavy atom. The van der Waals surface area contributed by atoms with Gasteiger partial charge in [0.15, 0.2) is 0 Å². The summed E-state index contributed by atoms with van der Waals surface area (Å²) in [7, 11) is -4.01. The predicted molar refractivity (Wildman–Crippen MR) is 125 cm³/mol. The Labute approximate surface area is 182 Å². The summed E-state index contributed by atoms with van der Waals surface area (Å²) in [6, 6.07) is 0. The van der Waals surface area contributed by atoms with Crippen LogP contribution in [0.2, 0.25) is 0 Å². The van der Waals surface area contributed by atoms with Gasteiger partial charge in [-0.25, -0.2) is 0 Å². The first-order valence-corrected chi connectivity index (χ1v) is 14.1. The lowest BCUT2D eigenvalue weighted by atomic mass is 10.0. The fourth-order valence-corrected chi connectivity index (χ4v) is 4.94. The molecule has 0 heterocycles. The maximum absolute atomic E-state index is 11.6. The maximum Gasteiger partial charge on any atom is 0.267 e. The van der Waals surface area contributed by atoms with Crippen molar-refractivity contribution in [2.45, 2.75) is 154 Å². The van der Waals surface area contributed by atoms with Crippen LogP contribution in [0.25, 0.3) is 0 Å². The van der Waals surface area contributed by atoms with Crippen LogP contribution >= 0.6 is 0 Å². The monoisotopic (exact) mass is 434 g/mol. The van der Waals surface area contributed by atoms with Gasteiger partial charge in [-0.05, 0) is 25.7 Å². The van der Waals surface area contributed by atoms with E-state index in [4.69, 9.17) is 0 Å². The van der Waals surface area contributed by atoms with E-state index in [0.29, 0.717) is 25.7 Å². The number of aliphatic hydroxyl groups is 1. The third kappa shape index (κ3) is 19.6. The second kappa shape index (κ2) is 19.8. The lowest BCUT2D eigenvalue weighted by Crippen LogP contribution is -2.22. The summed E-state index contributed by atoms with van der Waals surface area (Å²) in [5.74, 6) is 0. The molecule has 0 saturated carbocycles. The Morgan fingerprint density at radius 1 is 0.552 bits per heavy atom. The summed E-state index contributed by atoms with van der Waals surface area (Å²) >= 11 is 0. The number of unbranched alkanes of at least 4 members (excludes halogenated alkanes) is 14. The first-order valence-electron chi connectivity index (χ1n) is 12.6. The fraction of sp³-hybridized carbons (Fsp3) is 1.00. The van der Waals surface area contributed by atoms with Gasteiger partial charge in [-0.3, -0.25) is 4.55 Å². The lowest BCUT2D eigenvalue weighted by molar-refractivity contribution is 0.150. The third-order valence-corrected chi connectivity index (χ3v) is 7.31. The minimum absolute atomic E-state index is 0.360. The van der Waals surface area contributed by atoms with E-state index in [9.17, 15) is 18.1 Å². The van der Waals surface area contributed by atoms with E-state index in [0.717, 1.165) is 25.7 Å². The molecule has 0 aliphatic heterocycles. The van der Waals surface area contributed by atoms with Crippen LogP contribution in [0.15, 0.2) is 0 Å². The van der Waals surface area contributed by atoms with E-state index in [1.165, 1.54) is 77.0 Å². The van der Waals surface area contributed by atoms with Crippen LogP contribution in [0, 0.1) is 0 Å².